The predicted octanol–water partition coefficient (Wildman–Crippen LogP) is 3.93. The van der Waals surface area contributed by atoms with Gasteiger partial charge in [-0.2, -0.15) is 13.2 Å². The molecule has 0 aromatic heterocycles. The van der Waals surface area contributed by atoms with E-state index in [9.17, 15) is 18.0 Å². The molecule has 28 heavy (non-hydrogen) atoms. The fourth-order valence-corrected chi connectivity index (χ4v) is 13.7. The first-order chi connectivity index (χ1) is 12.2. The second-order valence-electron chi connectivity index (χ2n) is 9.37. The Morgan fingerprint density at radius 3 is 1.71 bits per heavy atom. The van der Waals surface area contributed by atoms with Crippen molar-refractivity contribution in [2.45, 2.75) is 72.1 Å². The maximum Gasteiger partial charge on any atom is 0.508 e. The Balaban J connectivity index is 5.28. The van der Waals surface area contributed by atoms with Crippen molar-refractivity contribution in [1.82, 2.24) is 0 Å². The summed E-state index contributed by atoms with van der Waals surface area (Å²) in [5, 5.41) is 0. The number of ether oxygens (including phenoxy) is 1. The molecule has 0 rings (SSSR count). The number of esters is 1. The average molecular weight is 477 g/mol. The first kappa shape index (κ1) is 27.7. The summed E-state index contributed by atoms with van der Waals surface area (Å²) in [5.74, 6) is -0.749. The van der Waals surface area contributed by atoms with E-state index in [2.05, 4.69) is 6.58 Å². The zero-order valence-corrected chi connectivity index (χ0v) is 23.5. The van der Waals surface area contributed by atoms with Crippen molar-refractivity contribution in [2.24, 2.45) is 5.41 Å². The van der Waals surface area contributed by atoms with Gasteiger partial charge in [-0.25, -0.2) is 4.79 Å². The Morgan fingerprint density at radius 2 is 1.39 bits per heavy atom. The third-order valence-corrected chi connectivity index (χ3v) is 14.1. The fourth-order valence-electron chi connectivity index (χ4n) is 2.28. The highest BCUT2D eigenvalue weighted by atomic mass is 28.5. The van der Waals surface area contributed by atoms with Crippen LogP contribution in [0.4, 0.5) is 13.2 Å². The van der Waals surface area contributed by atoms with Crippen molar-refractivity contribution in [3.63, 3.8) is 0 Å². The quantitative estimate of drug-likeness (QED) is 0.257. The van der Waals surface area contributed by atoms with Crippen molar-refractivity contribution in [3.05, 3.63) is 12.2 Å². The van der Waals surface area contributed by atoms with Gasteiger partial charge >= 0.3 is 21.0 Å². The first-order valence-corrected chi connectivity index (χ1v) is 18.7. The van der Waals surface area contributed by atoms with Gasteiger partial charge in [0, 0.05) is 12.0 Å². The molecule has 0 aliphatic rings. The summed E-state index contributed by atoms with van der Waals surface area (Å²) < 4.78 is 61.2. The van der Waals surface area contributed by atoms with E-state index < -0.39 is 49.4 Å². The normalized spacial score (nSPS) is 14.2. The molecule has 0 atom stereocenters. The number of alkyl halides is 3. The maximum absolute atomic E-state index is 12.5. The molecule has 0 amide bonds. The first-order valence-electron chi connectivity index (χ1n) is 9.11. The van der Waals surface area contributed by atoms with Crippen molar-refractivity contribution in [3.8, 4) is 0 Å². The Labute approximate surface area is 173 Å². The molecule has 0 saturated carbocycles. The maximum atomic E-state index is 12.5. The number of carbonyl (C=O) groups excluding carboxylic acids is 1. The lowest BCUT2D eigenvalue weighted by atomic mass is 9.80. The van der Waals surface area contributed by atoms with Gasteiger partial charge in [-0.15, -0.1) is 0 Å². The summed E-state index contributed by atoms with van der Waals surface area (Å²) in [7, 11) is -7.02. The van der Waals surface area contributed by atoms with E-state index in [0.717, 1.165) is 0 Å². The minimum Gasteiger partial charge on any atom is -0.458 e. The molecule has 0 aliphatic heterocycles. The monoisotopic (exact) mass is 476 g/mol. The number of carbonyl (C=O) groups is 1. The molecular formula is C16H35F3O5Si4. The molecule has 0 aromatic carbocycles. The predicted molar refractivity (Wildman–Crippen MR) is 115 cm³/mol. The van der Waals surface area contributed by atoms with Crippen molar-refractivity contribution >= 4 is 41.9 Å². The molecule has 0 aliphatic carbocycles. The molecule has 0 heterocycles. The molecule has 5 nitrogen and oxygen atoms in total. The highest BCUT2D eigenvalue weighted by Crippen LogP contribution is 2.36. The summed E-state index contributed by atoms with van der Waals surface area (Å²) in [5.41, 5.74) is -1.05. The van der Waals surface area contributed by atoms with Gasteiger partial charge in [0.25, 0.3) is 0 Å². The minimum atomic E-state index is -4.29. The second-order valence-corrected chi connectivity index (χ2v) is 22.7. The lowest BCUT2D eigenvalue weighted by Gasteiger charge is -2.38. The largest absolute Gasteiger partial charge is 0.508 e. The molecule has 12 heteroatoms. The van der Waals surface area contributed by atoms with E-state index in [1.807, 2.05) is 39.3 Å². The summed E-state index contributed by atoms with van der Waals surface area (Å²) >= 11 is 0. The molecule has 166 valence electrons. The molecule has 0 bridgehead atoms. The second kappa shape index (κ2) is 9.70. The van der Waals surface area contributed by atoms with Crippen molar-refractivity contribution in [1.29, 1.82) is 0 Å². The van der Waals surface area contributed by atoms with Gasteiger partial charge in [0.15, 0.2) is 22.9 Å². The number of hydrogen-bond acceptors (Lipinski definition) is 5. The number of halogens is 3. The molecule has 0 saturated heterocycles. The van der Waals surface area contributed by atoms with Gasteiger partial charge in [0.05, 0.1) is 0 Å². The SMILES string of the molecule is C=C(C(=O)OC[Si](O[SiH3])(O[Si](C)(C)C)O[Si](C)(C)C)C(C)(C)CCC(F)(F)F. The van der Waals surface area contributed by atoms with Crippen LogP contribution in [0.1, 0.15) is 26.7 Å². The topological polar surface area (TPSA) is 54.0 Å². The van der Waals surface area contributed by atoms with Crippen molar-refractivity contribution < 1.29 is 35.0 Å². The highest BCUT2D eigenvalue weighted by molar-refractivity contribution is 6.86. The Morgan fingerprint density at radius 1 is 0.964 bits per heavy atom. The van der Waals surface area contributed by atoms with Gasteiger partial charge in [-0.1, -0.05) is 20.4 Å². The van der Waals surface area contributed by atoms with Crippen LogP contribution in [-0.2, 0) is 21.9 Å². The Bertz CT molecular complexity index is 538. The third kappa shape index (κ3) is 11.1. The van der Waals surface area contributed by atoms with Crippen LogP contribution in [0.3, 0.4) is 0 Å². The average Bonchev–Trinajstić information content (AvgIpc) is 2.46. The number of hydrogen-bond donors (Lipinski definition) is 0. The molecule has 0 unspecified atom stereocenters. The van der Waals surface area contributed by atoms with Crippen LogP contribution < -0.4 is 0 Å². The third-order valence-electron chi connectivity index (χ3n) is 3.71. The summed E-state index contributed by atoms with van der Waals surface area (Å²) in [4.78, 5) is 12.5. The van der Waals surface area contributed by atoms with E-state index in [-0.39, 0.29) is 18.2 Å². The summed E-state index contributed by atoms with van der Waals surface area (Å²) in [6, 6.07) is 0. The number of rotatable bonds is 11. The Hall–Kier alpha value is -0.252. The van der Waals surface area contributed by atoms with Crippen LogP contribution in [0.15, 0.2) is 12.2 Å². The van der Waals surface area contributed by atoms with E-state index in [1.165, 1.54) is 0 Å². The smallest absolute Gasteiger partial charge is 0.458 e. The standard InChI is InChI=1S/C16H35F3O5Si4/c1-13(15(2,3)10-11-16(17,18)19)14(20)21-12-28(22-25,23-26(4,5)6)24-27(7,8)9/h1,10-12H2,2-9,25H3. The summed E-state index contributed by atoms with van der Waals surface area (Å²) in [6.07, 6.45) is -5.70. The molecule has 0 fully saturated rings. The van der Waals surface area contributed by atoms with Crippen LogP contribution in [0.5, 0.6) is 0 Å². The summed E-state index contributed by atoms with van der Waals surface area (Å²) in [6.45, 7) is 18.7. The zero-order valence-electron chi connectivity index (χ0n) is 18.5. The lowest BCUT2D eigenvalue weighted by Crippen LogP contribution is -2.60. The van der Waals surface area contributed by atoms with Crippen LogP contribution in [0.25, 0.3) is 0 Å². The van der Waals surface area contributed by atoms with Crippen molar-refractivity contribution in [2.75, 3.05) is 6.23 Å². The van der Waals surface area contributed by atoms with E-state index in [4.69, 9.17) is 17.1 Å². The lowest BCUT2D eigenvalue weighted by molar-refractivity contribution is -0.144. The van der Waals surface area contributed by atoms with Gasteiger partial charge in [0.2, 0.25) is 0 Å². The van der Waals surface area contributed by atoms with Gasteiger partial charge < -0.3 is 17.1 Å². The molecule has 0 spiro atoms. The molecule has 0 radical (unpaired) electrons. The van der Waals surface area contributed by atoms with Crippen LogP contribution >= 0.6 is 0 Å². The van der Waals surface area contributed by atoms with E-state index in [1.54, 1.807) is 13.8 Å². The van der Waals surface area contributed by atoms with Crippen LogP contribution in [-0.4, -0.2) is 54.3 Å². The van der Waals surface area contributed by atoms with Crippen LogP contribution in [0.2, 0.25) is 39.3 Å². The fraction of sp³-hybridized carbons (Fsp3) is 0.812. The zero-order chi connectivity index (χ0) is 22.6. The molecular weight excluding hydrogens is 442 g/mol. The Kier molecular flexibility index (Phi) is 9.62. The molecule has 0 aromatic rings. The highest BCUT2D eigenvalue weighted by Gasteiger charge is 2.48. The van der Waals surface area contributed by atoms with Gasteiger partial charge in [-0.3, -0.25) is 0 Å². The minimum absolute atomic E-state index is 0.00555. The molecule has 0 N–H and O–H groups in total. The van der Waals surface area contributed by atoms with E-state index in [0.29, 0.717) is 10.5 Å². The van der Waals surface area contributed by atoms with E-state index >= 15 is 0 Å². The van der Waals surface area contributed by atoms with Gasteiger partial charge in [0.1, 0.15) is 10.5 Å². The van der Waals surface area contributed by atoms with Gasteiger partial charge in [-0.05, 0) is 51.1 Å². The van der Waals surface area contributed by atoms with Crippen LogP contribution in [0, 0.1) is 5.41 Å².